The van der Waals surface area contributed by atoms with Crippen LogP contribution in [0.15, 0.2) is 4.21 Å². The lowest BCUT2D eigenvalue weighted by atomic mass is 10.2. The van der Waals surface area contributed by atoms with E-state index in [0.29, 0.717) is 12.2 Å². The van der Waals surface area contributed by atoms with Crippen LogP contribution in [-0.2, 0) is 10.0 Å². The zero-order valence-electron chi connectivity index (χ0n) is 10.4. The van der Waals surface area contributed by atoms with Crippen molar-refractivity contribution in [1.82, 2.24) is 9.71 Å². The van der Waals surface area contributed by atoms with Crippen LogP contribution in [0.3, 0.4) is 0 Å². The van der Waals surface area contributed by atoms with Gasteiger partial charge in [0, 0.05) is 6.54 Å². The third-order valence-corrected chi connectivity index (χ3v) is 6.32. The molecule has 0 aliphatic carbocycles. The number of rotatable bonds is 8. The van der Waals surface area contributed by atoms with Gasteiger partial charge < -0.3 is 0 Å². The number of thiazole rings is 1. The highest BCUT2D eigenvalue weighted by atomic mass is 35.5. The Morgan fingerprint density at radius 1 is 1.39 bits per heavy atom. The fourth-order valence-corrected chi connectivity index (χ4v) is 4.77. The van der Waals surface area contributed by atoms with Crippen LogP contribution in [0.4, 0.5) is 0 Å². The van der Waals surface area contributed by atoms with Crippen LogP contribution in [0.1, 0.15) is 25.0 Å². The van der Waals surface area contributed by atoms with E-state index in [-0.39, 0.29) is 8.68 Å². The fraction of sp³-hybridized carbons (Fsp3) is 0.700. The summed E-state index contributed by atoms with van der Waals surface area (Å²) < 4.78 is 27.0. The predicted molar refractivity (Wildman–Crippen MR) is 79.3 cm³/mol. The summed E-state index contributed by atoms with van der Waals surface area (Å²) in [5.41, 5.74) is 0.458. The number of nitrogens with one attached hydrogen (secondary N) is 1. The van der Waals surface area contributed by atoms with E-state index in [4.69, 9.17) is 11.6 Å². The van der Waals surface area contributed by atoms with Crippen LogP contribution in [0.25, 0.3) is 0 Å². The molecule has 0 saturated heterocycles. The summed E-state index contributed by atoms with van der Waals surface area (Å²) in [4.78, 5) is 3.91. The Bertz CT molecular complexity index is 473. The van der Waals surface area contributed by atoms with Gasteiger partial charge in [-0.25, -0.2) is 18.1 Å². The van der Waals surface area contributed by atoms with Gasteiger partial charge in [0.05, 0.1) is 5.69 Å². The predicted octanol–water partition coefficient (Wildman–Crippen LogP) is 2.92. The number of unbranched alkanes of at least 4 members (excludes halogenated alkanes) is 2. The first kappa shape index (κ1) is 16.2. The molecule has 1 aromatic rings. The zero-order valence-corrected chi connectivity index (χ0v) is 13.6. The molecule has 104 valence electrons. The highest BCUT2D eigenvalue weighted by Crippen LogP contribution is 2.26. The lowest BCUT2D eigenvalue weighted by molar-refractivity contribution is 0.577. The quantitative estimate of drug-likeness (QED) is 0.745. The topological polar surface area (TPSA) is 59.1 Å². The molecule has 0 radical (unpaired) electrons. The van der Waals surface area contributed by atoms with Crippen LogP contribution in [-0.4, -0.2) is 32.0 Å². The molecule has 1 heterocycles. The van der Waals surface area contributed by atoms with Gasteiger partial charge in [0.15, 0.2) is 8.68 Å². The van der Waals surface area contributed by atoms with Crippen molar-refractivity contribution in [3.05, 3.63) is 10.2 Å². The van der Waals surface area contributed by atoms with Crippen LogP contribution in [0.2, 0.25) is 4.47 Å². The van der Waals surface area contributed by atoms with Crippen LogP contribution < -0.4 is 4.72 Å². The van der Waals surface area contributed by atoms with E-state index in [2.05, 4.69) is 16.0 Å². The smallest absolute Gasteiger partial charge is 0.229 e. The molecule has 4 nitrogen and oxygen atoms in total. The molecule has 0 fully saturated rings. The first-order chi connectivity index (χ1) is 8.47. The third kappa shape index (κ3) is 5.05. The zero-order chi connectivity index (χ0) is 13.6. The average molecular weight is 329 g/mol. The summed E-state index contributed by atoms with van der Waals surface area (Å²) >= 11 is 8.50. The minimum absolute atomic E-state index is 0.219. The average Bonchev–Trinajstić information content (AvgIpc) is 2.63. The fourth-order valence-electron chi connectivity index (χ4n) is 1.42. The molecule has 1 aromatic heterocycles. The van der Waals surface area contributed by atoms with Crippen molar-refractivity contribution in [2.75, 3.05) is 18.6 Å². The van der Waals surface area contributed by atoms with Crippen molar-refractivity contribution in [2.24, 2.45) is 0 Å². The van der Waals surface area contributed by atoms with Crippen molar-refractivity contribution in [1.29, 1.82) is 0 Å². The highest BCUT2D eigenvalue weighted by Gasteiger charge is 2.20. The summed E-state index contributed by atoms with van der Waals surface area (Å²) in [6.07, 6.45) is 5.07. The Morgan fingerprint density at radius 3 is 2.67 bits per heavy atom. The molecule has 1 rings (SSSR count). The molecular weight excluding hydrogens is 312 g/mol. The second kappa shape index (κ2) is 7.69. The highest BCUT2D eigenvalue weighted by molar-refractivity contribution is 7.98. The molecule has 0 unspecified atom stereocenters. The number of thioether (sulfide) groups is 1. The molecule has 0 aliphatic heterocycles. The van der Waals surface area contributed by atoms with Crippen LogP contribution >= 0.6 is 34.7 Å². The van der Waals surface area contributed by atoms with Crippen LogP contribution in [0, 0.1) is 6.92 Å². The van der Waals surface area contributed by atoms with E-state index in [1.165, 1.54) is 0 Å². The van der Waals surface area contributed by atoms with Gasteiger partial charge in [-0.3, -0.25) is 0 Å². The Hall–Kier alpha value is 0.180. The van der Waals surface area contributed by atoms with Crippen molar-refractivity contribution < 1.29 is 8.42 Å². The van der Waals surface area contributed by atoms with E-state index >= 15 is 0 Å². The second-order valence-electron chi connectivity index (χ2n) is 3.79. The van der Waals surface area contributed by atoms with Crippen molar-refractivity contribution in [2.45, 2.75) is 30.4 Å². The van der Waals surface area contributed by atoms with Crippen molar-refractivity contribution in [3.8, 4) is 0 Å². The molecule has 0 bridgehead atoms. The molecular formula is C10H17ClN2O2S3. The van der Waals surface area contributed by atoms with E-state index in [9.17, 15) is 8.42 Å². The molecule has 0 aliphatic rings. The van der Waals surface area contributed by atoms with Gasteiger partial charge in [-0.1, -0.05) is 29.4 Å². The Morgan fingerprint density at radius 2 is 2.11 bits per heavy atom. The SMILES string of the molecule is CSCCCCCNS(=O)(=O)c1sc(Cl)nc1C. The van der Waals surface area contributed by atoms with Gasteiger partial charge in [-0.2, -0.15) is 11.8 Å². The van der Waals surface area contributed by atoms with Gasteiger partial charge in [0.2, 0.25) is 0 Å². The molecule has 8 heteroatoms. The monoisotopic (exact) mass is 328 g/mol. The van der Waals surface area contributed by atoms with Crippen molar-refractivity contribution >= 4 is 44.7 Å². The molecule has 0 atom stereocenters. The largest absolute Gasteiger partial charge is 0.251 e. The molecule has 1 N–H and O–H groups in total. The minimum Gasteiger partial charge on any atom is -0.229 e. The molecule has 0 aromatic carbocycles. The van der Waals surface area contributed by atoms with Gasteiger partial charge >= 0.3 is 0 Å². The van der Waals surface area contributed by atoms with E-state index in [1.54, 1.807) is 18.7 Å². The Kier molecular flexibility index (Phi) is 6.94. The van der Waals surface area contributed by atoms with Gasteiger partial charge in [-0.05, 0) is 31.8 Å². The summed E-state index contributed by atoms with van der Waals surface area (Å²) in [5.74, 6) is 1.12. The summed E-state index contributed by atoms with van der Waals surface area (Å²) in [7, 11) is -3.45. The summed E-state index contributed by atoms with van der Waals surface area (Å²) in [6.45, 7) is 2.11. The lowest BCUT2D eigenvalue weighted by Gasteiger charge is -2.04. The van der Waals surface area contributed by atoms with Crippen molar-refractivity contribution in [3.63, 3.8) is 0 Å². The van der Waals surface area contributed by atoms with Crippen LogP contribution in [0.5, 0.6) is 0 Å². The van der Waals surface area contributed by atoms with E-state index in [0.717, 1.165) is 36.4 Å². The second-order valence-corrected chi connectivity index (χ2v) is 8.32. The Balaban J connectivity index is 2.43. The number of halogens is 1. The number of aromatic nitrogens is 1. The van der Waals surface area contributed by atoms with E-state index < -0.39 is 10.0 Å². The molecule has 0 saturated carbocycles. The molecule has 0 amide bonds. The van der Waals surface area contributed by atoms with E-state index in [1.807, 2.05) is 0 Å². The molecule has 0 spiro atoms. The lowest BCUT2D eigenvalue weighted by Crippen LogP contribution is -2.24. The summed E-state index contributed by atoms with van der Waals surface area (Å²) in [6, 6.07) is 0. The minimum atomic E-state index is -3.45. The van der Waals surface area contributed by atoms with Gasteiger partial charge in [-0.15, -0.1) is 0 Å². The standard InChI is InChI=1S/C10H17ClN2O2S3/c1-8-9(17-10(11)13-8)18(14,15)12-6-4-3-5-7-16-2/h12H,3-7H2,1-2H3. The number of sulfonamides is 1. The maximum atomic E-state index is 12.0. The molecule has 18 heavy (non-hydrogen) atoms. The normalized spacial score (nSPS) is 11.9. The Labute approximate surface area is 122 Å². The number of nitrogens with zero attached hydrogens (tertiary/aromatic N) is 1. The van der Waals surface area contributed by atoms with Gasteiger partial charge in [0.1, 0.15) is 0 Å². The third-order valence-electron chi connectivity index (χ3n) is 2.29. The maximum Gasteiger partial charge on any atom is 0.251 e. The first-order valence-corrected chi connectivity index (χ1v) is 9.66. The number of hydrogen-bond acceptors (Lipinski definition) is 5. The number of hydrogen-bond donors (Lipinski definition) is 1. The maximum absolute atomic E-state index is 12.0. The first-order valence-electron chi connectivity index (χ1n) is 5.59. The number of aryl methyl sites for hydroxylation is 1. The van der Waals surface area contributed by atoms with Gasteiger partial charge in [0.25, 0.3) is 10.0 Å². The summed E-state index contributed by atoms with van der Waals surface area (Å²) in [5, 5.41) is 0.